The van der Waals surface area contributed by atoms with Crippen LogP contribution in [-0.4, -0.2) is 57.1 Å². The Bertz CT molecular complexity index is 919. The first kappa shape index (κ1) is 19.7. The Balaban J connectivity index is 1.92. The summed E-state index contributed by atoms with van der Waals surface area (Å²) >= 11 is 0. The predicted molar refractivity (Wildman–Crippen MR) is 97.9 cm³/mol. The van der Waals surface area contributed by atoms with Gasteiger partial charge in [-0.2, -0.15) is 5.10 Å². The molecule has 150 valence electrons. The van der Waals surface area contributed by atoms with E-state index in [1.54, 1.807) is 33.9 Å². The smallest absolute Gasteiger partial charge is 0.410 e. The molecule has 2 aromatic rings. The van der Waals surface area contributed by atoms with E-state index in [1.165, 1.54) is 27.8 Å². The largest absolute Gasteiger partial charge is 0.477 e. The molecule has 3 rings (SSSR count). The van der Waals surface area contributed by atoms with E-state index in [0.717, 1.165) is 0 Å². The number of likely N-dealkylation sites (N-methyl/N-ethyl adjacent to an activating group) is 1. The molecule has 1 aromatic carbocycles. The van der Waals surface area contributed by atoms with Gasteiger partial charge in [0, 0.05) is 12.6 Å². The van der Waals surface area contributed by atoms with Crippen molar-refractivity contribution in [3.63, 3.8) is 0 Å². The van der Waals surface area contributed by atoms with E-state index in [1.807, 2.05) is 0 Å². The number of hydrogen-bond donors (Lipinski definition) is 1. The molecular formula is C19H22FN3O5. The summed E-state index contributed by atoms with van der Waals surface area (Å²) in [5.74, 6) is -1.80. The van der Waals surface area contributed by atoms with Crippen LogP contribution in [0.15, 0.2) is 24.3 Å². The molecule has 0 saturated heterocycles. The van der Waals surface area contributed by atoms with E-state index in [2.05, 4.69) is 5.10 Å². The molecule has 0 spiro atoms. The molecule has 0 saturated carbocycles. The summed E-state index contributed by atoms with van der Waals surface area (Å²) in [7, 11) is 1.58. The molecule has 2 heterocycles. The molecular weight excluding hydrogens is 369 g/mol. The first-order valence-corrected chi connectivity index (χ1v) is 8.76. The summed E-state index contributed by atoms with van der Waals surface area (Å²) in [6.45, 7) is 5.56. The highest BCUT2D eigenvalue weighted by atomic mass is 19.1. The van der Waals surface area contributed by atoms with Gasteiger partial charge in [-0.05, 0) is 32.9 Å². The van der Waals surface area contributed by atoms with Crippen LogP contribution >= 0.6 is 0 Å². The average Bonchev–Trinajstić information content (AvgIpc) is 2.98. The number of carbonyl (C=O) groups excluding carboxylic acids is 1. The quantitative estimate of drug-likeness (QED) is 0.864. The molecule has 1 aliphatic heterocycles. The standard InChI is InChI=1S/C19H22FN3O5/c1-19(2,3)28-18(26)22(4)11-9-23-16(27-10-11)14(17(24)25)15(21-23)12-7-5-6-8-13(12)20/h5-8,11H,9-10H2,1-4H3,(H,24,25). The maximum absolute atomic E-state index is 14.2. The summed E-state index contributed by atoms with van der Waals surface area (Å²) in [5, 5.41) is 13.9. The molecule has 1 aromatic heterocycles. The van der Waals surface area contributed by atoms with Crippen molar-refractivity contribution in [3.8, 4) is 17.1 Å². The van der Waals surface area contributed by atoms with Crippen LogP contribution in [0.4, 0.5) is 9.18 Å². The van der Waals surface area contributed by atoms with Gasteiger partial charge in [0.2, 0.25) is 5.88 Å². The first-order valence-electron chi connectivity index (χ1n) is 8.76. The molecule has 1 aliphatic rings. The van der Waals surface area contributed by atoms with Gasteiger partial charge in [-0.25, -0.2) is 18.7 Å². The van der Waals surface area contributed by atoms with Crippen LogP contribution in [-0.2, 0) is 11.3 Å². The molecule has 9 heteroatoms. The lowest BCUT2D eigenvalue weighted by Gasteiger charge is -2.33. The van der Waals surface area contributed by atoms with E-state index in [9.17, 15) is 19.1 Å². The maximum Gasteiger partial charge on any atom is 0.410 e. The number of hydrogen-bond acceptors (Lipinski definition) is 5. The maximum atomic E-state index is 14.2. The van der Waals surface area contributed by atoms with Crippen molar-refractivity contribution in [2.75, 3.05) is 13.7 Å². The molecule has 28 heavy (non-hydrogen) atoms. The third-order valence-electron chi connectivity index (χ3n) is 4.27. The Labute approximate surface area is 161 Å². The first-order chi connectivity index (χ1) is 13.1. The van der Waals surface area contributed by atoms with Crippen LogP contribution in [0.5, 0.6) is 5.88 Å². The topological polar surface area (TPSA) is 93.9 Å². The normalized spacial score (nSPS) is 16.1. The van der Waals surface area contributed by atoms with Gasteiger partial charge >= 0.3 is 12.1 Å². The number of carboxylic acid groups (broad SMARTS) is 1. The van der Waals surface area contributed by atoms with Gasteiger partial charge in [0.1, 0.15) is 29.3 Å². The number of amides is 1. The fourth-order valence-corrected chi connectivity index (χ4v) is 2.90. The van der Waals surface area contributed by atoms with Crippen molar-refractivity contribution >= 4 is 12.1 Å². The number of benzene rings is 1. The number of aromatic nitrogens is 2. The molecule has 1 atom stereocenters. The number of ether oxygens (including phenoxy) is 2. The lowest BCUT2D eigenvalue weighted by atomic mass is 10.1. The zero-order chi connectivity index (χ0) is 20.6. The molecule has 0 aliphatic carbocycles. The van der Waals surface area contributed by atoms with Gasteiger partial charge in [0.05, 0.1) is 12.6 Å². The van der Waals surface area contributed by atoms with Crippen molar-refractivity contribution in [2.45, 2.75) is 39.0 Å². The summed E-state index contributed by atoms with van der Waals surface area (Å²) in [5.41, 5.74) is -0.793. The summed E-state index contributed by atoms with van der Waals surface area (Å²) in [6.07, 6.45) is -0.524. The van der Waals surface area contributed by atoms with Crippen LogP contribution in [0.3, 0.4) is 0 Å². The number of aromatic carboxylic acids is 1. The van der Waals surface area contributed by atoms with Gasteiger partial charge in [-0.3, -0.25) is 0 Å². The number of carbonyl (C=O) groups is 2. The van der Waals surface area contributed by atoms with Crippen LogP contribution in [0.2, 0.25) is 0 Å². The average molecular weight is 391 g/mol. The summed E-state index contributed by atoms with van der Waals surface area (Å²) in [4.78, 5) is 25.5. The second kappa shape index (κ2) is 7.14. The third kappa shape index (κ3) is 3.78. The third-order valence-corrected chi connectivity index (χ3v) is 4.27. The zero-order valence-corrected chi connectivity index (χ0v) is 16.1. The highest BCUT2D eigenvalue weighted by Crippen LogP contribution is 2.34. The van der Waals surface area contributed by atoms with Crippen molar-refractivity contribution < 1.29 is 28.6 Å². The Morgan fingerprint density at radius 2 is 2.04 bits per heavy atom. The van der Waals surface area contributed by atoms with Gasteiger partial charge in [-0.1, -0.05) is 12.1 Å². The molecule has 1 unspecified atom stereocenters. The van der Waals surface area contributed by atoms with Crippen LogP contribution in [0, 0.1) is 5.82 Å². The fourth-order valence-electron chi connectivity index (χ4n) is 2.90. The monoisotopic (exact) mass is 391 g/mol. The van der Waals surface area contributed by atoms with Gasteiger partial charge < -0.3 is 19.5 Å². The van der Waals surface area contributed by atoms with Crippen LogP contribution in [0.25, 0.3) is 11.3 Å². The zero-order valence-electron chi connectivity index (χ0n) is 16.1. The lowest BCUT2D eigenvalue weighted by Crippen LogP contribution is -2.47. The van der Waals surface area contributed by atoms with Crippen LogP contribution in [0.1, 0.15) is 31.1 Å². The van der Waals surface area contributed by atoms with Crippen molar-refractivity contribution in [1.29, 1.82) is 0 Å². The Hall–Kier alpha value is -3.10. The van der Waals surface area contributed by atoms with Crippen molar-refractivity contribution in [2.24, 2.45) is 0 Å². The second-order valence-corrected chi connectivity index (χ2v) is 7.55. The Morgan fingerprint density at radius 3 is 2.64 bits per heavy atom. The van der Waals surface area contributed by atoms with Crippen molar-refractivity contribution in [1.82, 2.24) is 14.7 Å². The van der Waals surface area contributed by atoms with E-state index in [0.29, 0.717) is 0 Å². The summed E-state index contributed by atoms with van der Waals surface area (Å²) < 4.78 is 26.5. The number of rotatable bonds is 3. The van der Waals surface area contributed by atoms with Gasteiger partial charge in [0.25, 0.3) is 0 Å². The molecule has 0 fully saturated rings. The Kier molecular flexibility index (Phi) is 5.01. The Morgan fingerprint density at radius 1 is 1.36 bits per heavy atom. The van der Waals surface area contributed by atoms with Crippen molar-refractivity contribution in [3.05, 3.63) is 35.6 Å². The van der Waals surface area contributed by atoms with Gasteiger partial charge in [-0.15, -0.1) is 0 Å². The number of carboxylic acids is 1. The minimum Gasteiger partial charge on any atom is -0.477 e. The molecule has 1 amide bonds. The molecule has 0 radical (unpaired) electrons. The van der Waals surface area contributed by atoms with E-state index >= 15 is 0 Å². The molecule has 1 N–H and O–H groups in total. The minimum absolute atomic E-state index is 0.0128. The SMILES string of the molecule is CN(C(=O)OC(C)(C)C)C1COc2c(C(=O)O)c(-c3ccccc3F)nn2C1. The number of fused-ring (bicyclic) bond motifs is 1. The second-order valence-electron chi connectivity index (χ2n) is 7.55. The molecule has 8 nitrogen and oxygen atoms in total. The minimum atomic E-state index is -1.27. The van der Waals surface area contributed by atoms with Gasteiger partial charge in [0.15, 0.2) is 0 Å². The molecule has 0 bridgehead atoms. The summed E-state index contributed by atoms with van der Waals surface area (Å²) in [6, 6.07) is 5.39. The van der Waals surface area contributed by atoms with E-state index in [-0.39, 0.29) is 35.9 Å². The predicted octanol–water partition coefficient (Wildman–Crippen LogP) is 3.02. The fraction of sp³-hybridized carbons (Fsp3) is 0.421. The van der Waals surface area contributed by atoms with E-state index < -0.39 is 29.5 Å². The highest BCUT2D eigenvalue weighted by molar-refractivity contribution is 5.97. The lowest BCUT2D eigenvalue weighted by molar-refractivity contribution is 0.0102. The number of nitrogens with zero attached hydrogens (tertiary/aromatic N) is 3. The number of halogens is 1. The highest BCUT2D eigenvalue weighted by Gasteiger charge is 2.35. The van der Waals surface area contributed by atoms with Crippen LogP contribution < -0.4 is 4.74 Å². The van der Waals surface area contributed by atoms with E-state index in [4.69, 9.17) is 9.47 Å².